The SMILES string of the molecule is N#CC1(NS(=O)(=O)c2cccc(F)c2[N+](=O)[O-])CCC1. The van der Waals surface area contributed by atoms with Gasteiger partial charge in [-0.1, -0.05) is 6.07 Å². The summed E-state index contributed by atoms with van der Waals surface area (Å²) in [7, 11) is -4.34. The maximum Gasteiger partial charge on any atom is 0.324 e. The van der Waals surface area contributed by atoms with Crippen molar-refractivity contribution >= 4 is 15.7 Å². The van der Waals surface area contributed by atoms with E-state index >= 15 is 0 Å². The van der Waals surface area contributed by atoms with Gasteiger partial charge in [0.25, 0.3) is 0 Å². The molecule has 9 heteroatoms. The molecule has 1 aliphatic rings. The summed E-state index contributed by atoms with van der Waals surface area (Å²) in [6.45, 7) is 0. The molecule has 0 spiro atoms. The zero-order valence-electron chi connectivity index (χ0n) is 10.2. The first kappa shape index (κ1) is 14.4. The number of hydrogen-bond donors (Lipinski definition) is 1. The number of nitro groups is 1. The van der Waals surface area contributed by atoms with Gasteiger partial charge in [-0.2, -0.15) is 14.4 Å². The molecule has 1 aliphatic carbocycles. The average molecular weight is 299 g/mol. The molecule has 1 N–H and O–H groups in total. The summed E-state index contributed by atoms with van der Waals surface area (Å²) in [6.07, 6.45) is 1.33. The van der Waals surface area contributed by atoms with Gasteiger partial charge in [0.05, 0.1) is 11.0 Å². The fourth-order valence-corrected chi connectivity index (χ4v) is 3.53. The minimum Gasteiger partial charge on any atom is -0.258 e. The zero-order valence-corrected chi connectivity index (χ0v) is 11.0. The summed E-state index contributed by atoms with van der Waals surface area (Å²) in [4.78, 5) is 8.95. The van der Waals surface area contributed by atoms with E-state index in [0.29, 0.717) is 19.3 Å². The topological polar surface area (TPSA) is 113 Å². The Bertz CT molecular complexity index is 707. The van der Waals surface area contributed by atoms with Crippen molar-refractivity contribution in [2.45, 2.75) is 29.7 Å². The lowest BCUT2D eigenvalue weighted by molar-refractivity contribution is -0.390. The Labute approximate surface area is 114 Å². The third kappa shape index (κ3) is 2.35. The van der Waals surface area contributed by atoms with Crippen LogP contribution in [0.5, 0.6) is 0 Å². The molecule has 0 atom stereocenters. The maximum absolute atomic E-state index is 13.4. The van der Waals surface area contributed by atoms with Crippen LogP contribution in [0.2, 0.25) is 0 Å². The van der Waals surface area contributed by atoms with E-state index in [2.05, 4.69) is 4.72 Å². The molecule has 0 heterocycles. The molecule has 7 nitrogen and oxygen atoms in total. The highest BCUT2D eigenvalue weighted by Gasteiger charge is 2.43. The van der Waals surface area contributed by atoms with Crippen LogP contribution in [-0.2, 0) is 10.0 Å². The lowest BCUT2D eigenvalue weighted by atomic mass is 9.79. The van der Waals surface area contributed by atoms with Crippen LogP contribution in [0.25, 0.3) is 0 Å². The third-order valence-electron chi connectivity index (χ3n) is 3.17. The van der Waals surface area contributed by atoms with Gasteiger partial charge in [-0.3, -0.25) is 10.1 Å². The molecule has 0 saturated heterocycles. The van der Waals surface area contributed by atoms with E-state index in [1.807, 2.05) is 6.07 Å². The fraction of sp³-hybridized carbons (Fsp3) is 0.364. The first-order valence-electron chi connectivity index (χ1n) is 5.69. The Morgan fingerprint density at radius 2 is 2.10 bits per heavy atom. The summed E-state index contributed by atoms with van der Waals surface area (Å²) >= 11 is 0. The molecule has 1 fully saturated rings. The number of sulfonamides is 1. The molecular weight excluding hydrogens is 289 g/mol. The summed E-state index contributed by atoms with van der Waals surface area (Å²) in [6, 6.07) is 4.66. The predicted octanol–water partition coefficient (Wildman–Crippen LogP) is 1.46. The van der Waals surface area contributed by atoms with Crippen LogP contribution in [-0.4, -0.2) is 18.9 Å². The molecule has 0 bridgehead atoms. The van der Waals surface area contributed by atoms with Gasteiger partial charge in [0.1, 0.15) is 5.54 Å². The van der Waals surface area contributed by atoms with Gasteiger partial charge >= 0.3 is 5.69 Å². The number of nitrogens with one attached hydrogen (secondary N) is 1. The van der Waals surface area contributed by atoms with Crippen molar-refractivity contribution in [3.05, 3.63) is 34.1 Å². The number of rotatable bonds is 4. The Morgan fingerprint density at radius 3 is 2.55 bits per heavy atom. The monoisotopic (exact) mass is 299 g/mol. The Balaban J connectivity index is 2.48. The van der Waals surface area contributed by atoms with Gasteiger partial charge in [-0.25, -0.2) is 8.42 Å². The van der Waals surface area contributed by atoms with Crippen LogP contribution in [0.15, 0.2) is 23.1 Å². The van der Waals surface area contributed by atoms with Crippen LogP contribution in [0.4, 0.5) is 10.1 Å². The second-order valence-corrected chi connectivity index (χ2v) is 6.15. The summed E-state index contributed by atoms with van der Waals surface area (Å²) in [5, 5.41) is 19.8. The number of nitrogens with zero attached hydrogens (tertiary/aromatic N) is 2. The second kappa shape index (κ2) is 4.81. The van der Waals surface area contributed by atoms with E-state index in [0.717, 1.165) is 18.2 Å². The number of benzene rings is 1. The number of para-hydroxylation sites is 1. The molecule has 0 aliphatic heterocycles. The van der Waals surface area contributed by atoms with E-state index in [9.17, 15) is 22.9 Å². The number of hydrogen-bond acceptors (Lipinski definition) is 5. The highest BCUT2D eigenvalue weighted by Crippen LogP contribution is 2.34. The van der Waals surface area contributed by atoms with Crippen LogP contribution in [0.3, 0.4) is 0 Å². The van der Waals surface area contributed by atoms with Crippen molar-refractivity contribution in [2.24, 2.45) is 0 Å². The number of nitriles is 1. The van der Waals surface area contributed by atoms with Gasteiger partial charge in [-0.05, 0) is 31.4 Å². The molecule has 0 amide bonds. The van der Waals surface area contributed by atoms with E-state index in [1.54, 1.807) is 0 Å². The molecule has 0 unspecified atom stereocenters. The maximum atomic E-state index is 13.4. The highest BCUT2D eigenvalue weighted by atomic mass is 32.2. The van der Waals surface area contributed by atoms with Crippen LogP contribution in [0.1, 0.15) is 19.3 Å². The molecule has 0 aromatic heterocycles. The molecule has 2 rings (SSSR count). The lowest BCUT2D eigenvalue weighted by Gasteiger charge is -2.35. The van der Waals surface area contributed by atoms with Crippen LogP contribution in [0, 0.1) is 27.3 Å². The third-order valence-corrected chi connectivity index (χ3v) is 4.74. The van der Waals surface area contributed by atoms with Gasteiger partial charge in [-0.15, -0.1) is 0 Å². The molecule has 106 valence electrons. The first-order chi connectivity index (χ1) is 9.31. The number of nitro benzene ring substituents is 1. The normalized spacial score (nSPS) is 17.0. The minimum atomic E-state index is -4.34. The second-order valence-electron chi connectivity index (χ2n) is 4.50. The smallest absolute Gasteiger partial charge is 0.258 e. The largest absolute Gasteiger partial charge is 0.324 e. The molecular formula is C11H10FN3O4S. The van der Waals surface area contributed by atoms with Crippen molar-refractivity contribution in [2.75, 3.05) is 0 Å². The Kier molecular flexibility index (Phi) is 3.45. The van der Waals surface area contributed by atoms with Crippen molar-refractivity contribution in [3.63, 3.8) is 0 Å². The molecule has 1 saturated carbocycles. The minimum absolute atomic E-state index is 0.325. The van der Waals surface area contributed by atoms with E-state index in [1.165, 1.54) is 0 Å². The van der Waals surface area contributed by atoms with Crippen LogP contribution >= 0.6 is 0 Å². The van der Waals surface area contributed by atoms with E-state index < -0.39 is 36.9 Å². The summed E-state index contributed by atoms with van der Waals surface area (Å²) < 4.78 is 39.9. The Hall–Kier alpha value is -2.05. The standard InChI is InChI=1S/C11H10FN3O4S/c12-8-3-1-4-9(10(8)15(16)17)20(18,19)14-11(7-13)5-2-6-11/h1,3-4,14H,2,5-6H2. The fourth-order valence-electron chi connectivity index (χ4n) is 1.97. The van der Waals surface area contributed by atoms with Crippen molar-refractivity contribution in [3.8, 4) is 6.07 Å². The lowest BCUT2D eigenvalue weighted by Crippen LogP contribution is -2.52. The predicted molar refractivity (Wildman–Crippen MR) is 65.6 cm³/mol. The van der Waals surface area contributed by atoms with Gasteiger partial charge in [0.2, 0.25) is 15.8 Å². The van der Waals surface area contributed by atoms with Gasteiger partial charge in [0, 0.05) is 0 Å². The van der Waals surface area contributed by atoms with Crippen molar-refractivity contribution < 1.29 is 17.7 Å². The average Bonchev–Trinajstić information content (AvgIpc) is 2.33. The summed E-state index contributed by atoms with van der Waals surface area (Å²) in [5.74, 6) is -1.24. The highest BCUT2D eigenvalue weighted by molar-refractivity contribution is 7.89. The van der Waals surface area contributed by atoms with Gasteiger partial charge < -0.3 is 0 Å². The molecule has 20 heavy (non-hydrogen) atoms. The summed E-state index contributed by atoms with van der Waals surface area (Å²) in [5.41, 5.74) is -2.37. The van der Waals surface area contributed by atoms with Crippen molar-refractivity contribution in [1.29, 1.82) is 5.26 Å². The van der Waals surface area contributed by atoms with Crippen molar-refractivity contribution in [1.82, 2.24) is 4.72 Å². The van der Waals surface area contributed by atoms with Crippen LogP contribution < -0.4 is 4.72 Å². The first-order valence-corrected chi connectivity index (χ1v) is 7.18. The quantitative estimate of drug-likeness (QED) is 0.668. The number of halogens is 1. The Morgan fingerprint density at radius 1 is 1.45 bits per heavy atom. The molecule has 1 aromatic carbocycles. The van der Waals surface area contributed by atoms with E-state index in [-0.39, 0.29) is 0 Å². The molecule has 0 radical (unpaired) electrons. The zero-order chi connectivity index (χ0) is 15.0. The molecule has 1 aromatic rings. The van der Waals surface area contributed by atoms with E-state index in [4.69, 9.17) is 5.26 Å². The van der Waals surface area contributed by atoms with Gasteiger partial charge in [0.15, 0.2) is 4.90 Å².